The topological polar surface area (TPSA) is 32.7 Å². The van der Waals surface area contributed by atoms with Crippen LogP contribution in [0.3, 0.4) is 0 Å². The molecule has 0 saturated carbocycles. The minimum absolute atomic E-state index is 0.438. The number of benzene rings is 1. The molecule has 3 heteroatoms. The molecule has 0 spiro atoms. The summed E-state index contributed by atoms with van der Waals surface area (Å²) in [5.41, 5.74) is 2.47. The second-order valence-electron chi connectivity index (χ2n) is 5.44. The number of phenolic OH excluding ortho intramolecular Hbond substituents is 1. The lowest BCUT2D eigenvalue weighted by atomic mass is 9.86. The Labute approximate surface area is 108 Å². The van der Waals surface area contributed by atoms with Gasteiger partial charge in [0.25, 0.3) is 0 Å². The molecule has 1 saturated heterocycles. The van der Waals surface area contributed by atoms with Gasteiger partial charge < -0.3 is 9.84 Å². The molecule has 1 fully saturated rings. The quantitative estimate of drug-likeness (QED) is 0.871. The van der Waals surface area contributed by atoms with Crippen molar-refractivity contribution in [2.24, 2.45) is 0 Å². The third-order valence-corrected chi connectivity index (χ3v) is 4.42. The zero-order chi connectivity index (χ0) is 12.5. The van der Waals surface area contributed by atoms with Crippen LogP contribution in [0.25, 0.3) is 0 Å². The van der Waals surface area contributed by atoms with E-state index in [1.807, 2.05) is 6.07 Å². The Morgan fingerprint density at radius 3 is 3.00 bits per heavy atom. The van der Waals surface area contributed by atoms with Crippen LogP contribution >= 0.6 is 0 Å². The molecule has 1 aliphatic carbocycles. The van der Waals surface area contributed by atoms with E-state index in [4.69, 9.17) is 4.74 Å². The van der Waals surface area contributed by atoms with Gasteiger partial charge in [-0.2, -0.15) is 0 Å². The van der Waals surface area contributed by atoms with Crippen molar-refractivity contribution in [1.29, 1.82) is 0 Å². The molecule has 2 aliphatic rings. The van der Waals surface area contributed by atoms with Crippen LogP contribution in [0.5, 0.6) is 5.75 Å². The highest BCUT2D eigenvalue weighted by atomic mass is 16.5. The van der Waals surface area contributed by atoms with Crippen molar-refractivity contribution in [3.63, 3.8) is 0 Å². The molecular weight excluding hydrogens is 226 g/mol. The predicted molar refractivity (Wildman–Crippen MR) is 70.8 cm³/mol. The molecule has 0 bridgehead atoms. The smallest absolute Gasteiger partial charge is 0.119 e. The van der Waals surface area contributed by atoms with Crippen molar-refractivity contribution in [2.45, 2.75) is 37.8 Å². The molecule has 2 unspecified atom stereocenters. The van der Waals surface area contributed by atoms with E-state index in [1.54, 1.807) is 6.07 Å². The maximum absolute atomic E-state index is 9.98. The summed E-state index contributed by atoms with van der Waals surface area (Å²) < 4.78 is 5.49. The van der Waals surface area contributed by atoms with Gasteiger partial charge in [-0.1, -0.05) is 12.1 Å². The maximum Gasteiger partial charge on any atom is 0.119 e. The maximum atomic E-state index is 9.98. The highest BCUT2D eigenvalue weighted by Gasteiger charge is 2.30. The fourth-order valence-corrected chi connectivity index (χ4v) is 3.33. The lowest BCUT2D eigenvalue weighted by Gasteiger charge is -2.36. The highest BCUT2D eigenvalue weighted by molar-refractivity contribution is 5.42. The molecule has 18 heavy (non-hydrogen) atoms. The zero-order valence-electron chi connectivity index (χ0n) is 10.9. The Balaban J connectivity index is 1.88. The predicted octanol–water partition coefficient (Wildman–Crippen LogP) is 2.49. The largest absolute Gasteiger partial charge is 0.508 e. The van der Waals surface area contributed by atoms with Gasteiger partial charge in [-0.25, -0.2) is 0 Å². The number of hydrogen-bond donors (Lipinski definition) is 1. The van der Waals surface area contributed by atoms with Crippen molar-refractivity contribution in [1.82, 2.24) is 4.90 Å². The van der Waals surface area contributed by atoms with E-state index in [1.165, 1.54) is 12.0 Å². The number of likely N-dealkylation sites (N-methyl/N-ethyl adjacent to an activating group) is 1. The first-order valence-electron chi connectivity index (χ1n) is 6.88. The van der Waals surface area contributed by atoms with Gasteiger partial charge in [0.2, 0.25) is 0 Å². The number of aromatic hydroxyl groups is 1. The molecule has 1 heterocycles. The highest BCUT2D eigenvalue weighted by Crippen LogP contribution is 2.38. The van der Waals surface area contributed by atoms with Crippen LogP contribution in [0, 0.1) is 0 Å². The summed E-state index contributed by atoms with van der Waals surface area (Å²) in [6.45, 7) is 1.73. The molecule has 3 nitrogen and oxygen atoms in total. The van der Waals surface area contributed by atoms with Crippen molar-refractivity contribution in [2.75, 3.05) is 20.3 Å². The molecule has 2 atom stereocenters. The second kappa shape index (κ2) is 4.90. The van der Waals surface area contributed by atoms with E-state index in [0.29, 0.717) is 17.8 Å². The number of fused-ring (bicyclic) bond motifs is 1. The molecule has 1 aromatic rings. The summed E-state index contributed by atoms with van der Waals surface area (Å²) >= 11 is 0. The van der Waals surface area contributed by atoms with E-state index in [9.17, 15) is 5.11 Å². The third-order valence-electron chi connectivity index (χ3n) is 4.42. The van der Waals surface area contributed by atoms with E-state index in [2.05, 4.69) is 18.0 Å². The summed E-state index contributed by atoms with van der Waals surface area (Å²) in [5.74, 6) is 0.466. The van der Waals surface area contributed by atoms with Gasteiger partial charge in [-0.3, -0.25) is 4.90 Å². The Bertz CT molecular complexity index is 427. The van der Waals surface area contributed by atoms with Gasteiger partial charge in [0.05, 0.1) is 6.61 Å². The summed E-state index contributed by atoms with van der Waals surface area (Å²) in [7, 11) is 2.20. The van der Waals surface area contributed by atoms with Gasteiger partial charge >= 0.3 is 0 Å². The molecule has 1 aliphatic heterocycles. The molecule has 0 aromatic heterocycles. The number of phenols is 1. The first-order chi connectivity index (χ1) is 8.77. The van der Waals surface area contributed by atoms with E-state index < -0.39 is 0 Å². The monoisotopic (exact) mass is 247 g/mol. The summed E-state index contributed by atoms with van der Waals surface area (Å²) in [6.07, 6.45) is 4.48. The van der Waals surface area contributed by atoms with Crippen LogP contribution in [0.2, 0.25) is 0 Å². The van der Waals surface area contributed by atoms with Crippen molar-refractivity contribution >= 4 is 0 Å². The SMILES string of the molecule is CN(C1CCOC1)C1CCCc2c(O)cccc21. The van der Waals surface area contributed by atoms with Gasteiger partial charge in [0.15, 0.2) is 0 Å². The average Bonchev–Trinajstić information content (AvgIpc) is 2.92. The first kappa shape index (κ1) is 12.0. The van der Waals surface area contributed by atoms with E-state index >= 15 is 0 Å². The van der Waals surface area contributed by atoms with Gasteiger partial charge in [0, 0.05) is 18.7 Å². The van der Waals surface area contributed by atoms with Crippen LogP contribution in [-0.4, -0.2) is 36.3 Å². The van der Waals surface area contributed by atoms with Crippen LogP contribution < -0.4 is 0 Å². The molecule has 1 N–H and O–H groups in total. The summed E-state index contributed by atoms with van der Waals surface area (Å²) in [6, 6.07) is 6.91. The molecule has 0 radical (unpaired) electrons. The van der Waals surface area contributed by atoms with Crippen molar-refractivity contribution in [3.05, 3.63) is 29.3 Å². The normalized spacial score (nSPS) is 27.4. The van der Waals surface area contributed by atoms with Crippen LogP contribution in [0.4, 0.5) is 0 Å². The molecule has 0 amide bonds. The summed E-state index contributed by atoms with van der Waals surface area (Å²) in [4.78, 5) is 2.45. The second-order valence-corrected chi connectivity index (χ2v) is 5.44. The fraction of sp³-hybridized carbons (Fsp3) is 0.600. The first-order valence-corrected chi connectivity index (χ1v) is 6.88. The third kappa shape index (κ3) is 2.02. The molecule has 98 valence electrons. The van der Waals surface area contributed by atoms with E-state index in [-0.39, 0.29) is 0 Å². The lowest BCUT2D eigenvalue weighted by Crippen LogP contribution is -2.37. The van der Waals surface area contributed by atoms with Crippen LogP contribution in [-0.2, 0) is 11.2 Å². The molecular formula is C15H21NO2. The fourth-order valence-electron chi connectivity index (χ4n) is 3.33. The Morgan fingerprint density at radius 2 is 2.22 bits per heavy atom. The number of rotatable bonds is 2. The molecule has 1 aromatic carbocycles. The van der Waals surface area contributed by atoms with Crippen molar-refractivity contribution in [3.8, 4) is 5.75 Å². The van der Waals surface area contributed by atoms with Crippen LogP contribution in [0.1, 0.15) is 36.4 Å². The lowest BCUT2D eigenvalue weighted by molar-refractivity contribution is 0.124. The van der Waals surface area contributed by atoms with Gasteiger partial charge in [-0.05, 0) is 49.9 Å². The number of ether oxygens (including phenoxy) is 1. The minimum Gasteiger partial charge on any atom is -0.508 e. The summed E-state index contributed by atoms with van der Waals surface area (Å²) in [5, 5.41) is 9.98. The van der Waals surface area contributed by atoms with Crippen molar-refractivity contribution < 1.29 is 9.84 Å². The van der Waals surface area contributed by atoms with E-state index in [0.717, 1.165) is 38.0 Å². The minimum atomic E-state index is 0.438. The number of hydrogen-bond acceptors (Lipinski definition) is 3. The Hall–Kier alpha value is -1.06. The number of nitrogens with zero attached hydrogens (tertiary/aromatic N) is 1. The van der Waals surface area contributed by atoms with Crippen LogP contribution in [0.15, 0.2) is 18.2 Å². The standard InChI is InChI=1S/C15H21NO2/c1-16(11-8-9-18-10-11)14-6-2-5-13-12(14)4-3-7-15(13)17/h3-4,7,11,14,17H,2,5-6,8-10H2,1H3. The molecule has 3 rings (SSSR count). The average molecular weight is 247 g/mol. The Morgan fingerprint density at radius 1 is 1.33 bits per heavy atom. The Kier molecular flexibility index (Phi) is 3.27. The van der Waals surface area contributed by atoms with Gasteiger partial charge in [0.1, 0.15) is 5.75 Å². The zero-order valence-corrected chi connectivity index (χ0v) is 10.9. The van der Waals surface area contributed by atoms with Gasteiger partial charge in [-0.15, -0.1) is 0 Å².